The minimum atomic E-state index is 0.187. The van der Waals surface area contributed by atoms with Crippen LogP contribution >= 0.6 is 22.7 Å². The molecule has 1 aliphatic heterocycles. The number of methoxy groups -OCH3 is 1. The van der Waals surface area contributed by atoms with E-state index in [2.05, 4.69) is 36.1 Å². The number of thiophene rings is 2. The molecule has 1 aliphatic carbocycles. The van der Waals surface area contributed by atoms with Gasteiger partial charge < -0.3 is 14.5 Å². The molecule has 1 amide bonds. The lowest BCUT2D eigenvalue weighted by Gasteiger charge is -2.36. The highest BCUT2D eigenvalue weighted by molar-refractivity contribution is 7.18. The molecule has 0 bridgehead atoms. The highest BCUT2D eigenvalue weighted by Crippen LogP contribution is 2.43. The van der Waals surface area contributed by atoms with Crippen molar-refractivity contribution < 1.29 is 9.53 Å². The van der Waals surface area contributed by atoms with Crippen molar-refractivity contribution in [3.05, 3.63) is 56.6 Å². The van der Waals surface area contributed by atoms with Crippen molar-refractivity contribution in [2.45, 2.75) is 19.8 Å². The van der Waals surface area contributed by atoms with Crippen LogP contribution < -0.4 is 9.64 Å². The largest absolute Gasteiger partial charge is 0.497 e. The van der Waals surface area contributed by atoms with E-state index >= 15 is 0 Å². The minimum Gasteiger partial charge on any atom is -0.497 e. The molecule has 1 fully saturated rings. The number of carbonyl (C=O) groups excluding carboxylic acids is 1. The van der Waals surface area contributed by atoms with Gasteiger partial charge in [0.05, 0.1) is 12.0 Å². The first-order valence-corrected chi connectivity index (χ1v) is 11.7. The maximum atomic E-state index is 13.2. The van der Waals surface area contributed by atoms with E-state index in [9.17, 15) is 4.79 Å². The fraction of sp³-hybridized carbons (Fsp3) is 0.348. The molecule has 0 unspecified atom stereocenters. The monoisotopic (exact) mass is 424 g/mol. The summed E-state index contributed by atoms with van der Waals surface area (Å²) in [6, 6.07) is 12.6. The van der Waals surface area contributed by atoms with E-state index in [0.29, 0.717) is 0 Å². The number of hydrogen-bond donors (Lipinski definition) is 0. The summed E-state index contributed by atoms with van der Waals surface area (Å²) in [6.07, 6.45) is 2.16. The molecule has 2 aromatic heterocycles. The highest BCUT2D eigenvalue weighted by Gasteiger charge is 2.27. The Kier molecular flexibility index (Phi) is 4.84. The standard InChI is InChI=1S/C23H24N2O2S2/c1-15-13-19-20(28-15)8-3-16-14-21(29-22(16)19)23(26)25-11-9-24(10-12-25)17-4-6-18(27-2)7-5-17/h4-7,13-14H,3,8-12H2,1-2H3. The minimum absolute atomic E-state index is 0.187. The zero-order valence-electron chi connectivity index (χ0n) is 16.7. The van der Waals surface area contributed by atoms with Crippen LogP contribution in [0.15, 0.2) is 36.4 Å². The number of aryl methyl sites for hydroxylation is 3. The Bertz CT molecular complexity index is 1040. The lowest BCUT2D eigenvalue weighted by Crippen LogP contribution is -2.48. The van der Waals surface area contributed by atoms with Crippen molar-refractivity contribution in [2.75, 3.05) is 38.2 Å². The summed E-state index contributed by atoms with van der Waals surface area (Å²) >= 11 is 3.58. The second-order valence-corrected chi connectivity index (χ2v) is 10.0. The Hall–Kier alpha value is -2.31. The Morgan fingerprint density at radius 3 is 2.48 bits per heavy atom. The van der Waals surface area contributed by atoms with Crippen LogP contribution in [0.25, 0.3) is 10.4 Å². The van der Waals surface area contributed by atoms with E-state index < -0.39 is 0 Å². The molecule has 2 aliphatic rings. The maximum absolute atomic E-state index is 13.2. The third-order valence-corrected chi connectivity index (χ3v) is 8.13. The number of anilines is 1. The summed E-state index contributed by atoms with van der Waals surface area (Å²) in [5.74, 6) is 1.06. The van der Waals surface area contributed by atoms with Gasteiger partial charge >= 0.3 is 0 Å². The van der Waals surface area contributed by atoms with Gasteiger partial charge in [0, 0.05) is 52.1 Å². The number of hydrogen-bond acceptors (Lipinski definition) is 5. The van der Waals surface area contributed by atoms with E-state index in [4.69, 9.17) is 4.74 Å². The molecule has 0 atom stereocenters. The Balaban J connectivity index is 1.28. The number of piperazine rings is 1. The summed E-state index contributed by atoms with van der Waals surface area (Å²) in [6.45, 7) is 5.41. The predicted molar refractivity (Wildman–Crippen MR) is 121 cm³/mol. The van der Waals surface area contributed by atoms with Gasteiger partial charge in [0.15, 0.2) is 0 Å². The first-order valence-electron chi connectivity index (χ1n) is 10.0. The van der Waals surface area contributed by atoms with Crippen LogP contribution in [0, 0.1) is 6.92 Å². The summed E-state index contributed by atoms with van der Waals surface area (Å²) in [5, 5.41) is 0. The van der Waals surface area contributed by atoms with Crippen LogP contribution in [0.1, 0.15) is 25.0 Å². The fourth-order valence-corrected chi connectivity index (χ4v) is 6.58. The quantitative estimate of drug-likeness (QED) is 0.602. The number of nitrogens with zero attached hydrogens (tertiary/aromatic N) is 2. The molecule has 1 saturated heterocycles. The molecule has 1 aromatic carbocycles. The molecular formula is C23H24N2O2S2. The molecule has 0 spiro atoms. The van der Waals surface area contributed by atoms with E-state index in [1.54, 1.807) is 18.4 Å². The molecule has 29 heavy (non-hydrogen) atoms. The first kappa shape index (κ1) is 18.7. The van der Waals surface area contributed by atoms with Crippen molar-refractivity contribution in [1.82, 2.24) is 4.90 Å². The fourth-order valence-electron chi connectivity index (χ4n) is 4.25. The van der Waals surface area contributed by atoms with E-state index in [0.717, 1.165) is 49.6 Å². The molecule has 5 rings (SSSR count). The number of fused-ring (bicyclic) bond motifs is 3. The van der Waals surface area contributed by atoms with Gasteiger partial charge in [0.25, 0.3) is 5.91 Å². The molecule has 3 heterocycles. The van der Waals surface area contributed by atoms with Gasteiger partial charge in [0.1, 0.15) is 5.75 Å². The first-order chi connectivity index (χ1) is 14.1. The van der Waals surface area contributed by atoms with Crippen molar-refractivity contribution >= 4 is 34.3 Å². The van der Waals surface area contributed by atoms with Crippen LogP contribution in [0.5, 0.6) is 5.75 Å². The molecule has 4 nitrogen and oxygen atoms in total. The van der Waals surface area contributed by atoms with Crippen LogP contribution in [0.4, 0.5) is 5.69 Å². The topological polar surface area (TPSA) is 32.8 Å². The van der Waals surface area contributed by atoms with Gasteiger partial charge in [-0.3, -0.25) is 4.79 Å². The van der Waals surface area contributed by atoms with Crippen molar-refractivity contribution in [2.24, 2.45) is 0 Å². The van der Waals surface area contributed by atoms with Gasteiger partial charge in [-0.1, -0.05) is 0 Å². The third kappa shape index (κ3) is 3.45. The summed E-state index contributed by atoms with van der Waals surface area (Å²) in [7, 11) is 1.68. The average Bonchev–Trinajstić information content (AvgIpc) is 3.36. The number of benzene rings is 1. The zero-order chi connectivity index (χ0) is 20.0. The van der Waals surface area contributed by atoms with E-state index in [1.165, 1.54) is 31.4 Å². The van der Waals surface area contributed by atoms with Crippen molar-refractivity contribution in [1.29, 1.82) is 0 Å². The van der Waals surface area contributed by atoms with Gasteiger partial charge in [-0.2, -0.15) is 0 Å². The van der Waals surface area contributed by atoms with Crippen LogP contribution in [0.2, 0.25) is 0 Å². The van der Waals surface area contributed by atoms with Gasteiger partial charge in [-0.25, -0.2) is 0 Å². The molecule has 0 saturated carbocycles. The number of carbonyl (C=O) groups is 1. The number of rotatable bonds is 3. The maximum Gasteiger partial charge on any atom is 0.264 e. The third-order valence-electron chi connectivity index (χ3n) is 5.82. The second-order valence-electron chi connectivity index (χ2n) is 7.64. The number of amides is 1. The normalized spacial score (nSPS) is 15.8. The average molecular weight is 425 g/mol. The lowest BCUT2D eigenvalue weighted by atomic mass is 9.98. The smallest absolute Gasteiger partial charge is 0.264 e. The van der Waals surface area contributed by atoms with Crippen LogP contribution in [-0.2, 0) is 12.8 Å². The molecule has 0 radical (unpaired) electrons. The number of ether oxygens (including phenoxy) is 1. The van der Waals surface area contributed by atoms with E-state index in [-0.39, 0.29) is 5.91 Å². The predicted octanol–water partition coefficient (Wildman–Crippen LogP) is 4.85. The molecular weight excluding hydrogens is 400 g/mol. The van der Waals surface area contributed by atoms with Gasteiger partial charge in [0.2, 0.25) is 0 Å². The molecule has 150 valence electrons. The van der Waals surface area contributed by atoms with E-state index in [1.807, 2.05) is 28.4 Å². The lowest BCUT2D eigenvalue weighted by molar-refractivity contribution is 0.0751. The Morgan fingerprint density at radius 1 is 1.00 bits per heavy atom. The van der Waals surface area contributed by atoms with Crippen LogP contribution in [0.3, 0.4) is 0 Å². The highest BCUT2D eigenvalue weighted by atomic mass is 32.1. The van der Waals surface area contributed by atoms with Crippen molar-refractivity contribution in [3.8, 4) is 16.2 Å². The SMILES string of the molecule is COc1ccc(N2CCN(C(=O)c3cc4c(s3)-c3cc(C)sc3CC4)CC2)cc1. The molecule has 6 heteroatoms. The molecule has 3 aromatic rings. The Morgan fingerprint density at radius 2 is 1.76 bits per heavy atom. The zero-order valence-corrected chi connectivity index (χ0v) is 18.4. The van der Waals surface area contributed by atoms with Gasteiger partial charge in [-0.15, -0.1) is 22.7 Å². The van der Waals surface area contributed by atoms with Gasteiger partial charge in [-0.05, 0) is 61.7 Å². The molecule has 0 N–H and O–H groups in total. The van der Waals surface area contributed by atoms with Crippen molar-refractivity contribution in [3.63, 3.8) is 0 Å². The summed E-state index contributed by atoms with van der Waals surface area (Å²) < 4.78 is 5.24. The second kappa shape index (κ2) is 7.50. The van der Waals surface area contributed by atoms with Crippen LogP contribution in [-0.4, -0.2) is 44.1 Å². The Labute approximate surface area is 179 Å². The summed E-state index contributed by atoms with van der Waals surface area (Å²) in [5.41, 5.74) is 3.90. The summed E-state index contributed by atoms with van der Waals surface area (Å²) in [4.78, 5) is 22.6.